The van der Waals surface area contributed by atoms with Crippen LogP contribution in [0.25, 0.3) is 32.2 Å². The number of aromatic nitrogens is 1. The highest BCUT2D eigenvalue weighted by Gasteiger charge is 2.15. The number of furan rings is 1. The molecule has 0 spiro atoms. The number of thiophene rings is 1. The normalized spacial score (nSPS) is 10.8. The zero-order valence-electron chi connectivity index (χ0n) is 12.1. The number of pyridine rings is 1. The van der Waals surface area contributed by atoms with Gasteiger partial charge in [-0.1, -0.05) is 12.1 Å². The van der Waals surface area contributed by atoms with Crippen LogP contribution in [0.1, 0.15) is 0 Å². The monoisotopic (exact) mass is 321 g/mol. The Morgan fingerprint density at radius 1 is 0.913 bits per heavy atom. The number of rotatable bonds is 3. The Labute approximate surface area is 136 Å². The second-order valence-corrected chi connectivity index (χ2v) is 6.13. The van der Waals surface area contributed by atoms with Gasteiger partial charge in [0.15, 0.2) is 0 Å². The lowest BCUT2D eigenvalue weighted by atomic mass is 10.0. The molecule has 0 atom stereocenters. The van der Waals surface area contributed by atoms with E-state index in [4.69, 9.17) is 4.42 Å². The largest absolute Gasteiger partial charge is 0.464 e. The molecule has 0 saturated heterocycles. The number of benzene rings is 1. The third-order valence-corrected chi connectivity index (χ3v) is 4.79. The van der Waals surface area contributed by atoms with Crippen molar-refractivity contribution in [3.05, 3.63) is 79.1 Å². The van der Waals surface area contributed by atoms with E-state index < -0.39 is 0 Å². The lowest BCUT2D eigenvalue weighted by Crippen LogP contribution is -1.80. The minimum atomic E-state index is -0.234. The molecule has 2 nitrogen and oxygen atoms in total. The molecule has 4 rings (SSSR count). The first-order valence-corrected chi connectivity index (χ1v) is 7.97. The Hall–Kier alpha value is -2.72. The molecular weight excluding hydrogens is 309 g/mol. The molecule has 0 bridgehead atoms. The van der Waals surface area contributed by atoms with Crippen molar-refractivity contribution in [2.24, 2.45) is 0 Å². The van der Waals surface area contributed by atoms with Crippen molar-refractivity contribution in [1.29, 1.82) is 0 Å². The maximum atomic E-state index is 13.2. The van der Waals surface area contributed by atoms with Crippen LogP contribution in [0.5, 0.6) is 0 Å². The fraction of sp³-hybridized carbons (Fsp3) is 0. The summed E-state index contributed by atoms with van der Waals surface area (Å²) in [5, 5.41) is 0. The summed E-state index contributed by atoms with van der Waals surface area (Å²) in [7, 11) is 0. The molecule has 0 aliphatic rings. The van der Waals surface area contributed by atoms with E-state index in [0.717, 1.165) is 32.2 Å². The molecule has 1 aromatic carbocycles. The third kappa shape index (κ3) is 2.69. The predicted molar refractivity (Wildman–Crippen MR) is 90.6 cm³/mol. The average Bonchev–Trinajstić information content (AvgIpc) is 3.26. The van der Waals surface area contributed by atoms with E-state index in [0.29, 0.717) is 0 Å². The summed E-state index contributed by atoms with van der Waals surface area (Å²) in [6.45, 7) is 0. The van der Waals surface area contributed by atoms with Crippen molar-refractivity contribution < 1.29 is 8.81 Å². The van der Waals surface area contributed by atoms with E-state index in [1.54, 1.807) is 42.1 Å². The molecule has 0 unspecified atom stereocenters. The smallest absolute Gasteiger partial charge is 0.143 e. The van der Waals surface area contributed by atoms with Gasteiger partial charge >= 0.3 is 0 Å². The van der Waals surface area contributed by atoms with Gasteiger partial charge in [0.25, 0.3) is 0 Å². The van der Waals surface area contributed by atoms with Crippen LogP contribution in [-0.2, 0) is 0 Å². The van der Waals surface area contributed by atoms with Crippen molar-refractivity contribution in [3.63, 3.8) is 0 Å². The van der Waals surface area contributed by atoms with Crippen molar-refractivity contribution in [1.82, 2.24) is 4.98 Å². The molecule has 4 heteroatoms. The lowest BCUT2D eigenvalue weighted by Gasteiger charge is -2.04. The summed E-state index contributed by atoms with van der Waals surface area (Å²) in [6, 6.07) is 16.4. The fourth-order valence-corrected chi connectivity index (χ4v) is 3.65. The molecular formula is C19H12FNOS. The average molecular weight is 321 g/mol. The van der Waals surface area contributed by atoms with Crippen LogP contribution >= 0.6 is 11.3 Å². The third-order valence-electron chi connectivity index (χ3n) is 3.59. The molecule has 23 heavy (non-hydrogen) atoms. The highest BCUT2D eigenvalue weighted by molar-refractivity contribution is 7.19. The van der Waals surface area contributed by atoms with E-state index in [1.807, 2.05) is 24.3 Å². The fourth-order valence-electron chi connectivity index (χ4n) is 2.49. The van der Waals surface area contributed by atoms with E-state index in [-0.39, 0.29) is 5.82 Å². The van der Waals surface area contributed by atoms with Gasteiger partial charge in [0.05, 0.1) is 11.1 Å². The molecule has 4 aromatic rings. The van der Waals surface area contributed by atoms with Crippen molar-refractivity contribution in [2.75, 3.05) is 0 Å². The van der Waals surface area contributed by atoms with Crippen molar-refractivity contribution >= 4 is 11.3 Å². The first-order chi connectivity index (χ1) is 11.3. The Bertz CT molecular complexity index is 912. The first-order valence-electron chi connectivity index (χ1n) is 7.15. The highest BCUT2D eigenvalue weighted by Crippen LogP contribution is 2.43. The van der Waals surface area contributed by atoms with Gasteiger partial charge in [-0.15, -0.1) is 11.3 Å². The second-order valence-electron chi connectivity index (χ2n) is 5.07. The predicted octanol–water partition coefficient (Wildman–Crippen LogP) is 5.88. The van der Waals surface area contributed by atoms with Crippen LogP contribution in [0.3, 0.4) is 0 Å². The molecule has 0 amide bonds. The summed E-state index contributed by atoms with van der Waals surface area (Å²) >= 11 is 1.63. The zero-order chi connectivity index (χ0) is 15.6. The second kappa shape index (κ2) is 5.82. The van der Waals surface area contributed by atoms with Gasteiger partial charge in [-0.3, -0.25) is 4.98 Å². The van der Waals surface area contributed by atoms with Gasteiger partial charge in [-0.05, 0) is 53.6 Å². The van der Waals surface area contributed by atoms with Gasteiger partial charge in [0.2, 0.25) is 0 Å². The van der Waals surface area contributed by atoms with E-state index >= 15 is 0 Å². The minimum absolute atomic E-state index is 0.234. The van der Waals surface area contributed by atoms with E-state index in [1.165, 1.54) is 12.1 Å². The maximum Gasteiger partial charge on any atom is 0.143 e. The molecule has 112 valence electrons. The van der Waals surface area contributed by atoms with Crippen LogP contribution in [0.4, 0.5) is 4.39 Å². The van der Waals surface area contributed by atoms with Crippen LogP contribution < -0.4 is 0 Å². The van der Waals surface area contributed by atoms with Crippen LogP contribution in [0.15, 0.2) is 77.7 Å². The molecule has 3 heterocycles. The Kier molecular flexibility index (Phi) is 3.52. The zero-order valence-corrected chi connectivity index (χ0v) is 12.9. The minimum Gasteiger partial charge on any atom is -0.464 e. The number of hydrogen-bond acceptors (Lipinski definition) is 3. The van der Waals surface area contributed by atoms with Crippen LogP contribution in [-0.4, -0.2) is 4.98 Å². The topological polar surface area (TPSA) is 26.0 Å². The standard InChI is InChI=1S/C19H12FNOS/c20-15-5-3-14(4-6-15)19-16(13-7-9-21-10-8-13)12-18(23-19)17-2-1-11-22-17/h1-12H. The SMILES string of the molecule is Fc1ccc(-c2sc(-c3ccco3)cc2-c2ccncc2)cc1. The molecule has 0 N–H and O–H groups in total. The van der Waals surface area contributed by atoms with Gasteiger partial charge in [-0.25, -0.2) is 4.39 Å². The molecule has 0 aliphatic carbocycles. The Morgan fingerprint density at radius 3 is 2.39 bits per heavy atom. The Morgan fingerprint density at radius 2 is 1.70 bits per heavy atom. The summed E-state index contributed by atoms with van der Waals surface area (Å²) < 4.78 is 18.8. The molecule has 3 aromatic heterocycles. The summed E-state index contributed by atoms with van der Waals surface area (Å²) in [4.78, 5) is 6.21. The maximum absolute atomic E-state index is 13.2. The number of nitrogens with zero attached hydrogens (tertiary/aromatic N) is 1. The van der Waals surface area contributed by atoms with Crippen LogP contribution in [0, 0.1) is 5.82 Å². The number of hydrogen-bond donors (Lipinski definition) is 0. The highest BCUT2D eigenvalue weighted by atomic mass is 32.1. The molecule has 0 aliphatic heterocycles. The van der Waals surface area contributed by atoms with Gasteiger partial charge < -0.3 is 4.42 Å². The summed E-state index contributed by atoms with van der Waals surface area (Å²) in [6.07, 6.45) is 5.21. The quantitative estimate of drug-likeness (QED) is 0.471. The van der Waals surface area contributed by atoms with Gasteiger partial charge in [-0.2, -0.15) is 0 Å². The van der Waals surface area contributed by atoms with E-state index in [9.17, 15) is 4.39 Å². The van der Waals surface area contributed by atoms with E-state index in [2.05, 4.69) is 11.1 Å². The van der Waals surface area contributed by atoms with Crippen LogP contribution in [0.2, 0.25) is 0 Å². The summed E-state index contributed by atoms with van der Waals surface area (Å²) in [5.74, 6) is 0.598. The molecule has 0 fully saturated rings. The Balaban J connectivity index is 1.90. The lowest BCUT2D eigenvalue weighted by molar-refractivity contribution is 0.584. The summed E-state index contributed by atoms with van der Waals surface area (Å²) in [5.41, 5.74) is 3.16. The van der Waals surface area contributed by atoms with Gasteiger partial charge in [0.1, 0.15) is 11.6 Å². The molecule has 0 saturated carbocycles. The van der Waals surface area contributed by atoms with Crippen molar-refractivity contribution in [3.8, 4) is 32.2 Å². The van der Waals surface area contributed by atoms with Gasteiger partial charge in [0, 0.05) is 22.8 Å². The first kappa shape index (κ1) is 13.9. The molecule has 0 radical (unpaired) electrons. The number of halogens is 1. The van der Waals surface area contributed by atoms with Crippen molar-refractivity contribution in [2.45, 2.75) is 0 Å².